The number of nitriles is 1. The van der Waals surface area contributed by atoms with Crippen LogP contribution in [0.1, 0.15) is 16.7 Å². The molecule has 0 aliphatic heterocycles. The Labute approximate surface area is 90.1 Å². The fourth-order valence-corrected chi connectivity index (χ4v) is 1.68. The molecule has 0 unspecified atom stereocenters. The van der Waals surface area contributed by atoms with Crippen LogP contribution in [0.5, 0.6) is 0 Å². The number of hydrogen-bond acceptors (Lipinski definition) is 2. The van der Waals surface area contributed by atoms with E-state index in [1.54, 1.807) is 18.2 Å². The van der Waals surface area contributed by atoms with Crippen molar-refractivity contribution in [1.29, 1.82) is 5.26 Å². The number of carboxylic acids is 1. The van der Waals surface area contributed by atoms with E-state index in [4.69, 9.17) is 10.4 Å². The zero-order valence-electron chi connectivity index (χ0n) is 7.33. The lowest BCUT2D eigenvalue weighted by Gasteiger charge is -2.04. The van der Waals surface area contributed by atoms with E-state index in [0.717, 1.165) is 11.1 Å². The second kappa shape index (κ2) is 4.77. The van der Waals surface area contributed by atoms with Crippen molar-refractivity contribution in [2.75, 3.05) is 0 Å². The number of rotatable bonds is 3. The van der Waals surface area contributed by atoms with Gasteiger partial charge < -0.3 is 5.11 Å². The molecule has 0 atom stereocenters. The van der Waals surface area contributed by atoms with Crippen molar-refractivity contribution in [3.63, 3.8) is 0 Å². The van der Waals surface area contributed by atoms with E-state index in [1.165, 1.54) is 0 Å². The molecule has 0 bridgehead atoms. The summed E-state index contributed by atoms with van der Waals surface area (Å²) in [5, 5.41) is 17.8. The molecule has 0 aromatic heterocycles. The number of carbonyl (C=O) groups is 1. The highest BCUT2D eigenvalue weighted by atomic mass is 79.9. The summed E-state index contributed by atoms with van der Waals surface area (Å²) in [7, 11) is 0. The second-order valence-corrected chi connectivity index (χ2v) is 3.36. The molecule has 0 aliphatic rings. The van der Waals surface area contributed by atoms with Gasteiger partial charge in [0, 0.05) is 5.33 Å². The van der Waals surface area contributed by atoms with Crippen molar-refractivity contribution < 1.29 is 9.90 Å². The molecule has 1 aromatic carbocycles. The van der Waals surface area contributed by atoms with Gasteiger partial charge in [-0.3, -0.25) is 4.79 Å². The SMILES string of the molecule is N#Cc1ccc(CC(=O)O)c(CBr)c1. The summed E-state index contributed by atoms with van der Waals surface area (Å²) in [6.45, 7) is 0. The van der Waals surface area contributed by atoms with Crippen LogP contribution >= 0.6 is 15.9 Å². The predicted octanol–water partition coefficient (Wildman–Crippen LogP) is 2.08. The molecule has 0 spiro atoms. The fraction of sp³-hybridized carbons (Fsp3) is 0.200. The Morgan fingerprint density at radius 1 is 1.50 bits per heavy atom. The fourth-order valence-electron chi connectivity index (χ4n) is 1.16. The molecule has 0 saturated carbocycles. The van der Waals surface area contributed by atoms with Crippen molar-refractivity contribution in [3.8, 4) is 6.07 Å². The smallest absolute Gasteiger partial charge is 0.307 e. The monoisotopic (exact) mass is 253 g/mol. The maximum atomic E-state index is 10.5. The van der Waals surface area contributed by atoms with E-state index in [0.29, 0.717) is 10.9 Å². The van der Waals surface area contributed by atoms with E-state index in [1.807, 2.05) is 6.07 Å². The van der Waals surface area contributed by atoms with Crippen molar-refractivity contribution >= 4 is 21.9 Å². The summed E-state index contributed by atoms with van der Waals surface area (Å²) in [4.78, 5) is 10.5. The first-order valence-corrected chi connectivity index (χ1v) is 5.09. The topological polar surface area (TPSA) is 61.1 Å². The summed E-state index contributed by atoms with van der Waals surface area (Å²) in [5.41, 5.74) is 2.15. The van der Waals surface area contributed by atoms with E-state index >= 15 is 0 Å². The van der Waals surface area contributed by atoms with Gasteiger partial charge in [-0.15, -0.1) is 0 Å². The van der Waals surface area contributed by atoms with Crippen molar-refractivity contribution in [3.05, 3.63) is 34.9 Å². The highest BCUT2D eigenvalue weighted by Gasteiger charge is 2.06. The molecule has 0 heterocycles. The van der Waals surface area contributed by atoms with Crippen molar-refractivity contribution in [1.82, 2.24) is 0 Å². The zero-order chi connectivity index (χ0) is 10.6. The van der Waals surface area contributed by atoms with Crippen LogP contribution in [0.4, 0.5) is 0 Å². The van der Waals surface area contributed by atoms with Crippen LogP contribution in [0.3, 0.4) is 0 Å². The van der Waals surface area contributed by atoms with Gasteiger partial charge in [0.05, 0.1) is 18.1 Å². The van der Waals surface area contributed by atoms with Crippen LogP contribution in [-0.4, -0.2) is 11.1 Å². The van der Waals surface area contributed by atoms with Gasteiger partial charge in [0.2, 0.25) is 0 Å². The van der Waals surface area contributed by atoms with Gasteiger partial charge in [-0.1, -0.05) is 22.0 Å². The van der Waals surface area contributed by atoms with E-state index in [-0.39, 0.29) is 6.42 Å². The highest BCUT2D eigenvalue weighted by Crippen LogP contribution is 2.15. The Morgan fingerprint density at radius 3 is 2.71 bits per heavy atom. The maximum Gasteiger partial charge on any atom is 0.307 e. The van der Waals surface area contributed by atoms with E-state index in [9.17, 15) is 4.79 Å². The number of hydrogen-bond donors (Lipinski definition) is 1. The third-order valence-electron chi connectivity index (χ3n) is 1.82. The molecule has 14 heavy (non-hydrogen) atoms. The molecule has 0 saturated heterocycles. The molecule has 0 radical (unpaired) electrons. The first-order valence-electron chi connectivity index (χ1n) is 3.97. The first kappa shape index (κ1) is 10.7. The normalized spacial score (nSPS) is 9.43. The van der Waals surface area contributed by atoms with Gasteiger partial charge in [-0.25, -0.2) is 0 Å². The summed E-state index contributed by atoms with van der Waals surface area (Å²) < 4.78 is 0. The average Bonchev–Trinajstić information content (AvgIpc) is 2.17. The van der Waals surface area contributed by atoms with E-state index in [2.05, 4.69) is 15.9 Å². The van der Waals surface area contributed by atoms with E-state index < -0.39 is 5.97 Å². The highest BCUT2D eigenvalue weighted by molar-refractivity contribution is 9.08. The molecule has 0 fully saturated rings. The number of halogens is 1. The van der Waals surface area contributed by atoms with Crippen molar-refractivity contribution in [2.24, 2.45) is 0 Å². The molecule has 3 nitrogen and oxygen atoms in total. The molecule has 0 amide bonds. The number of alkyl halides is 1. The largest absolute Gasteiger partial charge is 0.481 e. The quantitative estimate of drug-likeness (QED) is 0.840. The minimum absolute atomic E-state index is 0.00730. The predicted molar refractivity (Wildman–Crippen MR) is 55.1 cm³/mol. The van der Waals surface area contributed by atoms with Crippen LogP contribution in [0.2, 0.25) is 0 Å². The summed E-state index contributed by atoms with van der Waals surface area (Å²) in [5.74, 6) is -0.864. The van der Waals surface area contributed by atoms with Gasteiger partial charge in [0.1, 0.15) is 0 Å². The third-order valence-corrected chi connectivity index (χ3v) is 2.43. The Hall–Kier alpha value is -1.34. The molecular formula is C10H8BrNO2. The van der Waals surface area contributed by atoms with Crippen LogP contribution in [0.25, 0.3) is 0 Å². The lowest BCUT2D eigenvalue weighted by atomic mass is 10.0. The Morgan fingerprint density at radius 2 is 2.21 bits per heavy atom. The lowest BCUT2D eigenvalue weighted by molar-refractivity contribution is -0.136. The van der Waals surface area contributed by atoms with Gasteiger partial charge in [-0.2, -0.15) is 5.26 Å². The minimum atomic E-state index is -0.864. The summed E-state index contributed by atoms with van der Waals surface area (Å²) in [6, 6.07) is 7.03. The Bertz CT molecular complexity index is 396. The average molecular weight is 254 g/mol. The molecule has 1 rings (SSSR count). The number of nitrogens with zero attached hydrogens (tertiary/aromatic N) is 1. The molecule has 1 aromatic rings. The summed E-state index contributed by atoms with van der Waals surface area (Å²) >= 11 is 3.26. The number of aliphatic carboxylic acids is 1. The molecular weight excluding hydrogens is 246 g/mol. The Balaban J connectivity index is 3.06. The third kappa shape index (κ3) is 2.57. The minimum Gasteiger partial charge on any atom is -0.481 e. The summed E-state index contributed by atoms with van der Waals surface area (Å²) in [6.07, 6.45) is -0.00730. The van der Waals surface area contributed by atoms with Gasteiger partial charge in [0.15, 0.2) is 0 Å². The molecule has 4 heteroatoms. The number of benzene rings is 1. The second-order valence-electron chi connectivity index (χ2n) is 2.80. The first-order chi connectivity index (χ1) is 6.67. The standard InChI is InChI=1S/C10H8BrNO2/c11-5-9-3-7(6-12)1-2-8(9)4-10(13)14/h1-3H,4-5H2,(H,13,14). The molecule has 0 aliphatic carbocycles. The van der Waals surface area contributed by atoms with Crippen LogP contribution in [0, 0.1) is 11.3 Å². The maximum absolute atomic E-state index is 10.5. The van der Waals surface area contributed by atoms with Crippen LogP contribution in [-0.2, 0) is 16.5 Å². The van der Waals surface area contributed by atoms with Crippen LogP contribution < -0.4 is 0 Å². The molecule has 72 valence electrons. The number of carboxylic acid groups (broad SMARTS) is 1. The Kier molecular flexibility index (Phi) is 3.66. The van der Waals surface area contributed by atoms with Gasteiger partial charge in [0.25, 0.3) is 0 Å². The molecule has 1 N–H and O–H groups in total. The lowest BCUT2D eigenvalue weighted by Crippen LogP contribution is -2.03. The van der Waals surface area contributed by atoms with Crippen LogP contribution in [0.15, 0.2) is 18.2 Å². The van der Waals surface area contributed by atoms with Crippen molar-refractivity contribution in [2.45, 2.75) is 11.8 Å². The van der Waals surface area contributed by atoms with Gasteiger partial charge in [-0.05, 0) is 23.3 Å². The zero-order valence-corrected chi connectivity index (χ0v) is 8.91. The van der Waals surface area contributed by atoms with Gasteiger partial charge >= 0.3 is 5.97 Å².